The first kappa shape index (κ1) is 16.8. The van der Waals surface area contributed by atoms with E-state index in [-0.39, 0.29) is 6.61 Å². The van der Waals surface area contributed by atoms with Gasteiger partial charge < -0.3 is 4.74 Å². The number of hydrogen-bond donors (Lipinski definition) is 0. The SMILES string of the molecule is C#CCOc1c(Br)cc(Br)cc1C=Nc1cc(C)ccc1C. The van der Waals surface area contributed by atoms with Crippen molar-refractivity contribution in [3.8, 4) is 18.1 Å². The summed E-state index contributed by atoms with van der Waals surface area (Å²) in [5.41, 5.74) is 4.11. The second kappa shape index (κ2) is 7.62. The van der Waals surface area contributed by atoms with E-state index in [1.165, 1.54) is 5.56 Å². The zero-order valence-electron chi connectivity index (χ0n) is 12.4. The highest BCUT2D eigenvalue weighted by atomic mass is 79.9. The van der Waals surface area contributed by atoms with Crippen LogP contribution in [0.4, 0.5) is 5.69 Å². The van der Waals surface area contributed by atoms with Crippen LogP contribution in [0.25, 0.3) is 0 Å². The van der Waals surface area contributed by atoms with E-state index >= 15 is 0 Å². The molecule has 22 heavy (non-hydrogen) atoms. The maximum Gasteiger partial charge on any atom is 0.148 e. The summed E-state index contributed by atoms with van der Waals surface area (Å²) in [5, 5.41) is 0. The number of aliphatic imine (C=N–C) groups is 1. The lowest BCUT2D eigenvalue weighted by Gasteiger charge is -2.10. The minimum absolute atomic E-state index is 0.213. The van der Waals surface area contributed by atoms with E-state index < -0.39 is 0 Å². The van der Waals surface area contributed by atoms with Crippen molar-refractivity contribution in [1.82, 2.24) is 0 Å². The third-order valence-corrected chi connectivity index (χ3v) is 4.09. The number of nitrogens with zero attached hydrogens (tertiary/aromatic N) is 1. The lowest BCUT2D eigenvalue weighted by Crippen LogP contribution is -1.99. The van der Waals surface area contributed by atoms with Crippen LogP contribution in [-0.4, -0.2) is 12.8 Å². The van der Waals surface area contributed by atoms with Gasteiger partial charge in [-0.25, -0.2) is 0 Å². The molecular weight excluding hydrogens is 406 g/mol. The van der Waals surface area contributed by atoms with Gasteiger partial charge in [0.2, 0.25) is 0 Å². The van der Waals surface area contributed by atoms with Gasteiger partial charge in [0.25, 0.3) is 0 Å². The number of benzene rings is 2. The van der Waals surface area contributed by atoms with Gasteiger partial charge >= 0.3 is 0 Å². The molecule has 4 heteroatoms. The monoisotopic (exact) mass is 419 g/mol. The highest BCUT2D eigenvalue weighted by Crippen LogP contribution is 2.32. The quantitative estimate of drug-likeness (QED) is 0.466. The summed E-state index contributed by atoms with van der Waals surface area (Å²) in [6, 6.07) is 10.1. The summed E-state index contributed by atoms with van der Waals surface area (Å²) in [4.78, 5) is 4.59. The van der Waals surface area contributed by atoms with E-state index in [1.54, 1.807) is 6.21 Å². The van der Waals surface area contributed by atoms with Crippen LogP contribution < -0.4 is 4.74 Å². The largest absolute Gasteiger partial charge is 0.479 e. The zero-order valence-corrected chi connectivity index (χ0v) is 15.5. The van der Waals surface area contributed by atoms with Crippen molar-refractivity contribution in [2.75, 3.05) is 6.61 Å². The number of rotatable bonds is 4. The first-order valence-corrected chi connectivity index (χ1v) is 8.26. The average molecular weight is 421 g/mol. The molecule has 2 aromatic carbocycles. The zero-order chi connectivity index (χ0) is 16.1. The van der Waals surface area contributed by atoms with E-state index in [0.717, 1.165) is 25.8 Å². The van der Waals surface area contributed by atoms with Gasteiger partial charge in [-0.2, -0.15) is 0 Å². The number of hydrogen-bond acceptors (Lipinski definition) is 2. The first-order valence-electron chi connectivity index (χ1n) is 6.68. The summed E-state index contributed by atoms with van der Waals surface area (Å²) < 4.78 is 7.39. The molecule has 0 radical (unpaired) electrons. The summed E-state index contributed by atoms with van der Waals surface area (Å²) >= 11 is 6.98. The van der Waals surface area contributed by atoms with Crippen LogP contribution in [0.5, 0.6) is 5.75 Å². The highest BCUT2D eigenvalue weighted by molar-refractivity contribution is 9.11. The molecular formula is C18H15Br2NO. The Balaban J connectivity index is 2.41. The molecule has 0 aromatic heterocycles. The topological polar surface area (TPSA) is 21.6 Å². The smallest absolute Gasteiger partial charge is 0.148 e. The number of aryl methyl sites for hydroxylation is 2. The fourth-order valence-electron chi connectivity index (χ4n) is 1.94. The lowest BCUT2D eigenvalue weighted by molar-refractivity contribution is 0.367. The Bertz CT molecular complexity index is 760. The van der Waals surface area contributed by atoms with Crippen LogP contribution in [-0.2, 0) is 0 Å². The van der Waals surface area contributed by atoms with Crippen molar-refractivity contribution in [2.24, 2.45) is 4.99 Å². The van der Waals surface area contributed by atoms with Gasteiger partial charge in [0.1, 0.15) is 12.4 Å². The van der Waals surface area contributed by atoms with E-state index in [9.17, 15) is 0 Å². The number of terminal acetylenes is 1. The molecule has 0 amide bonds. The Morgan fingerprint density at radius 3 is 2.73 bits per heavy atom. The third kappa shape index (κ3) is 4.22. The van der Waals surface area contributed by atoms with Gasteiger partial charge in [0.15, 0.2) is 0 Å². The van der Waals surface area contributed by atoms with E-state index in [0.29, 0.717) is 5.75 Å². The van der Waals surface area contributed by atoms with Crippen molar-refractivity contribution < 1.29 is 4.74 Å². The summed E-state index contributed by atoms with van der Waals surface area (Å²) in [6.07, 6.45) is 7.07. The Morgan fingerprint density at radius 2 is 2.00 bits per heavy atom. The first-order chi connectivity index (χ1) is 10.5. The van der Waals surface area contributed by atoms with Gasteiger partial charge in [-0.05, 0) is 59.1 Å². The molecule has 0 N–H and O–H groups in total. The Labute approximate surface area is 147 Å². The third-order valence-electron chi connectivity index (χ3n) is 3.04. The highest BCUT2D eigenvalue weighted by Gasteiger charge is 2.09. The molecule has 0 heterocycles. The minimum atomic E-state index is 0.213. The predicted octanol–water partition coefficient (Wildman–Crippen LogP) is 5.59. The van der Waals surface area contributed by atoms with Crippen molar-refractivity contribution in [3.63, 3.8) is 0 Å². The molecule has 0 saturated carbocycles. The fraction of sp³-hybridized carbons (Fsp3) is 0.167. The molecule has 2 nitrogen and oxygen atoms in total. The summed E-state index contributed by atoms with van der Waals surface area (Å²) in [7, 11) is 0. The fourth-order valence-corrected chi connectivity index (χ4v) is 3.31. The Kier molecular flexibility index (Phi) is 5.82. The lowest BCUT2D eigenvalue weighted by atomic mass is 10.1. The normalized spacial score (nSPS) is 10.7. The van der Waals surface area contributed by atoms with Gasteiger partial charge in [-0.15, -0.1) is 6.42 Å². The van der Waals surface area contributed by atoms with Crippen molar-refractivity contribution in [3.05, 3.63) is 56.0 Å². The van der Waals surface area contributed by atoms with E-state index in [1.807, 2.05) is 19.1 Å². The van der Waals surface area contributed by atoms with Crippen LogP contribution in [0.2, 0.25) is 0 Å². The van der Waals surface area contributed by atoms with Crippen molar-refractivity contribution >= 4 is 43.8 Å². The Morgan fingerprint density at radius 1 is 1.23 bits per heavy atom. The molecule has 0 spiro atoms. The average Bonchev–Trinajstić information content (AvgIpc) is 2.47. The van der Waals surface area contributed by atoms with E-state index in [2.05, 4.69) is 67.9 Å². The summed E-state index contributed by atoms with van der Waals surface area (Å²) in [5.74, 6) is 3.17. The number of ether oxygens (including phenoxy) is 1. The molecule has 0 aliphatic rings. The molecule has 0 aliphatic heterocycles. The van der Waals surface area contributed by atoms with E-state index in [4.69, 9.17) is 11.2 Å². The van der Waals surface area contributed by atoms with Crippen molar-refractivity contribution in [1.29, 1.82) is 0 Å². The standard InChI is InChI=1S/C18H15Br2NO/c1-4-7-22-18-14(9-15(19)10-16(18)20)11-21-17-8-12(2)5-6-13(17)3/h1,5-6,8-11H,7H2,2-3H3. The maximum absolute atomic E-state index is 5.62. The molecule has 0 saturated heterocycles. The summed E-state index contributed by atoms with van der Waals surface area (Å²) in [6.45, 7) is 4.30. The van der Waals surface area contributed by atoms with Gasteiger partial charge in [0, 0.05) is 16.3 Å². The molecule has 112 valence electrons. The molecule has 0 atom stereocenters. The van der Waals surface area contributed by atoms with Gasteiger partial charge in [-0.1, -0.05) is 34.0 Å². The second-order valence-electron chi connectivity index (χ2n) is 4.85. The molecule has 0 unspecified atom stereocenters. The molecule has 0 fully saturated rings. The van der Waals surface area contributed by atoms with Crippen LogP contribution >= 0.6 is 31.9 Å². The predicted molar refractivity (Wildman–Crippen MR) is 99.3 cm³/mol. The van der Waals surface area contributed by atoms with Gasteiger partial charge in [0.05, 0.1) is 10.2 Å². The maximum atomic E-state index is 5.62. The van der Waals surface area contributed by atoms with Crippen molar-refractivity contribution in [2.45, 2.75) is 13.8 Å². The minimum Gasteiger partial charge on any atom is -0.479 e. The Hall–Kier alpha value is -1.57. The van der Waals surface area contributed by atoms with Crippen LogP contribution in [0.15, 0.2) is 44.3 Å². The molecule has 2 rings (SSSR count). The molecule has 2 aromatic rings. The molecule has 0 bridgehead atoms. The molecule has 0 aliphatic carbocycles. The van der Waals surface area contributed by atoms with Crippen LogP contribution in [0, 0.1) is 26.2 Å². The van der Waals surface area contributed by atoms with Crippen LogP contribution in [0.3, 0.4) is 0 Å². The number of halogens is 2. The van der Waals surface area contributed by atoms with Gasteiger partial charge in [-0.3, -0.25) is 4.99 Å². The second-order valence-corrected chi connectivity index (χ2v) is 6.62. The van der Waals surface area contributed by atoms with Crippen LogP contribution in [0.1, 0.15) is 16.7 Å².